The third-order valence-electron chi connectivity index (χ3n) is 2.86. The van der Waals surface area contributed by atoms with Crippen LogP contribution in [0.1, 0.15) is 11.1 Å². The largest absolute Gasteiger partial charge is 0.491 e. The number of aromatic nitrogens is 1. The highest BCUT2D eigenvalue weighted by Gasteiger charge is 2.07. The monoisotopic (exact) mass is 275 g/mol. The number of methoxy groups -OCH3 is 2. The highest BCUT2D eigenvalue weighted by molar-refractivity contribution is 7.98. The lowest BCUT2D eigenvalue weighted by molar-refractivity contribution is 0.341. The smallest absolute Gasteiger partial charge is 0.256 e. The molecule has 0 aliphatic heterocycles. The van der Waals surface area contributed by atoms with E-state index in [1.807, 2.05) is 12.3 Å². The van der Waals surface area contributed by atoms with Crippen molar-refractivity contribution in [3.05, 3.63) is 47.7 Å². The molecule has 0 saturated carbocycles. The molecule has 3 nitrogen and oxygen atoms in total. The van der Waals surface area contributed by atoms with E-state index in [1.54, 1.807) is 26.0 Å². The van der Waals surface area contributed by atoms with Crippen molar-refractivity contribution in [3.63, 3.8) is 0 Å². The Morgan fingerprint density at radius 1 is 1.16 bits per heavy atom. The van der Waals surface area contributed by atoms with E-state index in [2.05, 4.69) is 36.2 Å². The third-order valence-corrected chi connectivity index (χ3v) is 3.87. The van der Waals surface area contributed by atoms with Crippen LogP contribution in [0.25, 0.3) is 0 Å². The summed E-state index contributed by atoms with van der Waals surface area (Å²) in [7, 11) is 3.21. The fraction of sp³-hybridized carbons (Fsp3) is 0.267. The summed E-state index contributed by atoms with van der Waals surface area (Å²) in [4.78, 5) is 5.30. The molecular weight excluding hydrogens is 258 g/mol. The maximum Gasteiger partial charge on any atom is 0.256 e. The summed E-state index contributed by atoms with van der Waals surface area (Å²) in [5, 5.41) is 0. The Kier molecular flexibility index (Phi) is 4.68. The van der Waals surface area contributed by atoms with E-state index in [-0.39, 0.29) is 0 Å². The molecule has 2 aromatic rings. The fourth-order valence-corrected chi connectivity index (χ4v) is 2.69. The van der Waals surface area contributed by atoms with Gasteiger partial charge in [-0.25, -0.2) is 4.98 Å². The van der Waals surface area contributed by atoms with Crippen molar-refractivity contribution in [1.82, 2.24) is 4.98 Å². The molecule has 4 heteroatoms. The number of hydrogen-bond acceptors (Lipinski definition) is 4. The maximum absolute atomic E-state index is 5.25. The highest BCUT2D eigenvalue weighted by Crippen LogP contribution is 2.31. The van der Waals surface area contributed by atoms with Crippen LogP contribution in [0.5, 0.6) is 11.6 Å². The minimum absolute atomic E-state index is 0.516. The molecule has 1 aromatic carbocycles. The van der Waals surface area contributed by atoms with E-state index in [4.69, 9.17) is 9.47 Å². The van der Waals surface area contributed by atoms with E-state index in [0.717, 1.165) is 10.6 Å². The van der Waals surface area contributed by atoms with Crippen molar-refractivity contribution in [2.75, 3.05) is 14.2 Å². The molecule has 1 heterocycles. The predicted molar refractivity (Wildman–Crippen MR) is 78.1 cm³/mol. The van der Waals surface area contributed by atoms with Gasteiger partial charge in [-0.15, -0.1) is 11.8 Å². The standard InChI is InChI=1S/C15H17NO2S/c1-11-6-4-5-7-12(11)10-19-13-8-14(17-2)15(18-3)16-9-13/h4-9H,10H2,1-3H3. The van der Waals surface area contributed by atoms with E-state index in [9.17, 15) is 0 Å². The lowest BCUT2D eigenvalue weighted by Gasteiger charge is -2.09. The lowest BCUT2D eigenvalue weighted by Crippen LogP contribution is -1.93. The van der Waals surface area contributed by atoms with Gasteiger partial charge in [0, 0.05) is 22.9 Å². The molecule has 0 unspecified atom stereocenters. The molecule has 0 atom stereocenters. The van der Waals surface area contributed by atoms with Crippen molar-refractivity contribution in [1.29, 1.82) is 0 Å². The first kappa shape index (κ1) is 13.7. The van der Waals surface area contributed by atoms with E-state index in [1.165, 1.54) is 11.1 Å². The lowest BCUT2D eigenvalue weighted by atomic mass is 10.1. The van der Waals surface area contributed by atoms with Crippen LogP contribution < -0.4 is 9.47 Å². The highest BCUT2D eigenvalue weighted by atomic mass is 32.2. The second-order valence-corrected chi connectivity index (χ2v) is 5.15. The van der Waals surface area contributed by atoms with Gasteiger partial charge in [-0.2, -0.15) is 0 Å². The van der Waals surface area contributed by atoms with Crippen LogP contribution in [0.4, 0.5) is 0 Å². The van der Waals surface area contributed by atoms with Gasteiger partial charge in [0.2, 0.25) is 0 Å². The van der Waals surface area contributed by atoms with Crippen LogP contribution >= 0.6 is 11.8 Å². The summed E-state index contributed by atoms with van der Waals surface area (Å²) in [6.45, 7) is 2.13. The number of aryl methyl sites for hydroxylation is 1. The van der Waals surface area contributed by atoms with Crippen molar-refractivity contribution in [3.8, 4) is 11.6 Å². The number of benzene rings is 1. The first-order valence-electron chi connectivity index (χ1n) is 6.00. The Morgan fingerprint density at radius 3 is 2.63 bits per heavy atom. The zero-order valence-corrected chi connectivity index (χ0v) is 12.2. The first-order valence-corrected chi connectivity index (χ1v) is 6.98. The van der Waals surface area contributed by atoms with Crippen LogP contribution in [-0.4, -0.2) is 19.2 Å². The summed E-state index contributed by atoms with van der Waals surface area (Å²) in [6.07, 6.45) is 1.81. The Labute approximate surface area is 118 Å². The normalized spacial score (nSPS) is 10.3. The average molecular weight is 275 g/mol. The Balaban J connectivity index is 2.10. The van der Waals surface area contributed by atoms with E-state index < -0.39 is 0 Å². The van der Waals surface area contributed by atoms with Gasteiger partial charge in [-0.1, -0.05) is 24.3 Å². The van der Waals surface area contributed by atoms with Crippen LogP contribution in [0.3, 0.4) is 0 Å². The van der Waals surface area contributed by atoms with Gasteiger partial charge in [0.05, 0.1) is 14.2 Å². The molecule has 1 aromatic heterocycles. The number of hydrogen-bond donors (Lipinski definition) is 0. The minimum atomic E-state index is 0.516. The zero-order chi connectivity index (χ0) is 13.7. The summed E-state index contributed by atoms with van der Waals surface area (Å²) in [5.41, 5.74) is 2.64. The molecule has 0 spiro atoms. The van der Waals surface area contributed by atoms with Crippen molar-refractivity contribution < 1.29 is 9.47 Å². The zero-order valence-electron chi connectivity index (χ0n) is 11.3. The third kappa shape index (κ3) is 3.41. The number of pyridine rings is 1. The first-order chi connectivity index (χ1) is 9.24. The van der Waals surface area contributed by atoms with Gasteiger partial charge in [0.1, 0.15) is 0 Å². The molecule has 0 bridgehead atoms. The molecule has 0 aliphatic carbocycles. The second kappa shape index (κ2) is 6.48. The molecule has 0 radical (unpaired) electrons. The predicted octanol–water partition coefficient (Wildman–Crippen LogP) is 3.70. The molecule has 2 rings (SSSR count). The van der Waals surface area contributed by atoms with Gasteiger partial charge < -0.3 is 9.47 Å². The molecule has 0 fully saturated rings. The molecule has 19 heavy (non-hydrogen) atoms. The van der Waals surface area contributed by atoms with Crippen molar-refractivity contribution in [2.45, 2.75) is 17.6 Å². The van der Waals surface area contributed by atoms with Crippen molar-refractivity contribution >= 4 is 11.8 Å². The number of ether oxygens (including phenoxy) is 2. The van der Waals surface area contributed by atoms with Gasteiger partial charge >= 0.3 is 0 Å². The Bertz CT molecular complexity index is 558. The minimum Gasteiger partial charge on any atom is -0.491 e. The van der Waals surface area contributed by atoms with Gasteiger partial charge in [0.15, 0.2) is 5.75 Å². The topological polar surface area (TPSA) is 31.4 Å². The maximum atomic E-state index is 5.25. The Hall–Kier alpha value is -1.68. The number of thioether (sulfide) groups is 1. The van der Waals surface area contributed by atoms with Crippen LogP contribution in [0.2, 0.25) is 0 Å². The summed E-state index contributed by atoms with van der Waals surface area (Å²) in [6, 6.07) is 10.4. The van der Waals surface area contributed by atoms with Crippen molar-refractivity contribution in [2.24, 2.45) is 0 Å². The van der Waals surface area contributed by atoms with Crippen LogP contribution in [-0.2, 0) is 5.75 Å². The summed E-state index contributed by atoms with van der Waals surface area (Å²) >= 11 is 1.74. The van der Waals surface area contributed by atoms with E-state index >= 15 is 0 Å². The van der Waals surface area contributed by atoms with Gasteiger partial charge in [0.25, 0.3) is 5.88 Å². The van der Waals surface area contributed by atoms with Crippen LogP contribution in [0, 0.1) is 6.92 Å². The van der Waals surface area contributed by atoms with Gasteiger partial charge in [-0.05, 0) is 18.1 Å². The molecule has 0 saturated heterocycles. The second-order valence-electron chi connectivity index (χ2n) is 4.10. The molecule has 0 N–H and O–H groups in total. The fourth-order valence-electron chi connectivity index (χ4n) is 1.73. The SMILES string of the molecule is COc1cc(SCc2ccccc2C)cnc1OC. The molecular formula is C15H17NO2S. The molecule has 100 valence electrons. The summed E-state index contributed by atoms with van der Waals surface area (Å²) < 4.78 is 10.4. The number of rotatable bonds is 5. The van der Waals surface area contributed by atoms with Crippen LogP contribution in [0.15, 0.2) is 41.4 Å². The number of nitrogens with zero attached hydrogens (tertiary/aromatic N) is 1. The van der Waals surface area contributed by atoms with Gasteiger partial charge in [-0.3, -0.25) is 0 Å². The quantitative estimate of drug-likeness (QED) is 0.779. The molecule has 0 amide bonds. The summed E-state index contributed by atoms with van der Waals surface area (Å²) in [5.74, 6) is 2.10. The Morgan fingerprint density at radius 2 is 1.95 bits per heavy atom. The average Bonchev–Trinajstić information content (AvgIpc) is 2.46. The van der Waals surface area contributed by atoms with E-state index in [0.29, 0.717) is 11.6 Å². The molecule has 0 aliphatic rings.